The Morgan fingerprint density at radius 3 is 2.47 bits per heavy atom. The van der Waals surface area contributed by atoms with E-state index < -0.39 is 0 Å². The number of aliphatic imine (C=N–C) groups is 1. The summed E-state index contributed by atoms with van der Waals surface area (Å²) in [5.74, 6) is 0.412. The summed E-state index contributed by atoms with van der Waals surface area (Å²) in [5.41, 5.74) is 2.86. The zero-order valence-electron chi connectivity index (χ0n) is 16.3. The van der Waals surface area contributed by atoms with E-state index in [1.54, 1.807) is 47.4 Å². The normalized spacial score (nSPS) is 11.6. The number of imidazole rings is 1. The molecular weight excluding hydrogens is 579 g/mol. The van der Waals surface area contributed by atoms with E-state index >= 15 is 0 Å². The maximum Gasteiger partial charge on any atom is 0.251 e. The van der Waals surface area contributed by atoms with Crippen molar-refractivity contribution in [1.29, 1.82) is 0 Å². The molecular formula is C23H14Br2Cl2N4O. The lowest BCUT2D eigenvalue weighted by molar-refractivity contribution is 0.471. The molecule has 0 bridgehead atoms. The predicted octanol–water partition coefficient (Wildman–Crippen LogP) is 7.72. The molecule has 0 amide bonds. The molecule has 3 aromatic carbocycles. The Morgan fingerprint density at radius 2 is 1.72 bits per heavy atom. The SMILES string of the molecule is Oc1c(Br)cc(Br)cc1C=Nc1nc(-c2ccccc2)cn1N=Cc1ccc(Cl)cc1Cl. The van der Waals surface area contributed by atoms with Crippen molar-refractivity contribution < 1.29 is 5.11 Å². The second-order valence-electron chi connectivity index (χ2n) is 6.63. The van der Waals surface area contributed by atoms with Gasteiger partial charge in [-0.05, 0) is 40.2 Å². The molecule has 9 heteroatoms. The van der Waals surface area contributed by atoms with Crippen molar-refractivity contribution in [2.45, 2.75) is 0 Å². The van der Waals surface area contributed by atoms with Gasteiger partial charge in [-0.25, -0.2) is 14.7 Å². The molecule has 0 aliphatic carbocycles. The van der Waals surface area contributed by atoms with E-state index in [-0.39, 0.29) is 5.75 Å². The highest BCUT2D eigenvalue weighted by atomic mass is 79.9. The molecule has 0 radical (unpaired) electrons. The number of hydrogen-bond acceptors (Lipinski definition) is 4. The van der Waals surface area contributed by atoms with E-state index in [1.807, 2.05) is 30.3 Å². The summed E-state index contributed by atoms with van der Waals surface area (Å²) in [6.45, 7) is 0. The Balaban J connectivity index is 1.75. The third-order valence-electron chi connectivity index (χ3n) is 4.40. The van der Waals surface area contributed by atoms with E-state index in [2.05, 4.69) is 46.9 Å². The Kier molecular flexibility index (Phi) is 7.10. The molecule has 0 fully saturated rings. The number of phenols is 1. The van der Waals surface area contributed by atoms with Crippen molar-refractivity contribution in [1.82, 2.24) is 9.66 Å². The quantitative estimate of drug-likeness (QED) is 0.241. The van der Waals surface area contributed by atoms with Crippen LogP contribution in [0.25, 0.3) is 11.3 Å². The number of phenolic OH excluding ortho intramolecular Hbond substituents is 1. The molecule has 0 aliphatic heterocycles. The molecule has 4 aromatic rings. The van der Waals surface area contributed by atoms with Gasteiger partial charge in [-0.2, -0.15) is 5.10 Å². The first kappa shape index (κ1) is 22.7. The Morgan fingerprint density at radius 1 is 0.938 bits per heavy atom. The zero-order valence-corrected chi connectivity index (χ0v) is 20.9. The molecule has 32 heavy (non-hydrogen) atoms. The average Bonchev–Trinajstić information content (AvgIpc) is 3.18. The second kappa shape index (κ2) is 10.0. The summed E-state index contributed by atoms with van der Waals surface area (Å²) in [4.78, 5) is 9.08. The van der Waals surface area contributed by atoms with Crippen LogP contribution in [0.15, 0.2) is 85.9 Å². The molecule has 160 valence electrons. The van der Waals surface area contributed by atoms with Crippen LogP contribution in [-0.4, -0.2) is 27.2 Å². The minimum absolute atomic E-state index is 0.0785. The van der Waals surface area contributed by atoms with Gasteiger partial charge in [0.2, 0.25) is 0 Å². The van der Waals surface area contributed by atoms with Crippen LogP contribution in [0, 0.1) is 0 Å². The van der Waals surface area contributed by atoms with Crippen LogP contribution in [0.1, 0.15) is 11.1 Å². The summed E-state index contributed by atoms with van der Waals surface area (Å²) in [6.07, 6.45) is 4.92. The molecule has 0 unspecified atom stereocenters. The lowest BCUT2D eigenvalue weighted by Gasteiger charge is -2.03. The third kappa shape index (κ3) is 5.30. The molecule has 1 N–H and O–H groups in total. The van der Waals surface area contributed by atoms with Gasteiger partial charge in [-0.15, -0.1) is 0 Å². The molecule has 5 nitrogen and oxygen atoms in total. The van der Waals surface area contributed by atoms with Gasteiger partial charge in [0.25, 0.3) is 5.95 Å². The van der Waals surface area contributed by atoms with Crippen molar-refractivity contribution in [3.05, 3.63) is 97.0 Å². The first-order valence-corrected chi connectivity index (χ1v) is 11.6. The van der Waals surface area contributed by atoms with Crippen LogP contribution in [0.3, 0.4) is 0 Å². The van der Waals surface area contributed by atoms with E-state index in [9.17, 15) is 5.11 Å². The second-order valence-corrected chi connectivity index (χ2v) is 9.24. The van der Waals surface area contributed by atoms with Gasteiger partial charge < -0.3 is 5.11 Å². The number of halogens is 4. The first-order valence-electron chi connectivity index (χ1n) is 9.27. The summed E-state index contributed by atoms with van der Waals surface area (Å²) in [5, 5.41) is 15.8. The number of benzene rings is 3. The molecule has 0 saturated heterocycles. The van der Waals surface area contributed by atoms with Gasteiger partial charge in [-0.1, -0.05) is 75.5 Å². The molecule has 4 rings (SSSR count). The molecule has 0 spiro atoms. The van der Waals surface area contributed by atoms with E-state index in [0.29, 0.717) is 37.3 Å². The van der Waals surface area contributed by atoms with Gasteiger partial charge in [0.05, 0.1) is 27.6 Å². The van der Waals surface area contributed by atoms with Crippen molar-refractivity contribution in [2.75, 3.05) is 0 Å². The van der Waals surface area contributed by atoms with E-state index in [4.69, 9.17) is 23.2 Å². The third-order valence-corrected chi connectivity index (χ3v) is 6.02. The molecule has 0 atom stereocenters. The van der Waals surface area contributed by atoms with Crippen LogP contribution >= 0.6 is 55.1 Å². The van der Waals surface area contributed by atoms with Crippen LogP contribution in [0.2, 0.25) is 10.0 Å². The van der Waals surface area contributed by atoms with Crippen LogP contribution in [-0.2, 0) is 0 Å². The fraction of sp³-hybridized carbons (Fsp3) is 0. The van der Waals surface area contributed by atoms with Gasteiger partial charge in [0, 0.05) is 32.4 Å². The standard InChI is InChI=1S/C23H14Br2Cl2N4O/c24-17-8-16(22(32)19(25)9-17)11-28-23-30-21(14-4-2-1-3-5-14)13-31(23)29-12-15-6-7-18(26)10-20(15)27/h1-13,32H. The maximum atomic E-state index is 10.3. The minimum Gasteiger partial charge on any atom is -0.506 e. The minimum atomic E-state index is 0.0785. The fourth-order valence-electron chi connectivity index (χ4n) is 2.82. The van der Waals surface area contributed by atoms with Crippen molar-refractivity contribution in [3.8, 4) is 17.0 Å². The average molecular weight is 593 g/mol. The number of nitrogens with zero attached hydrogens (tertiary/aromatic N) is 4. The summed E-state index contributed by atoms with van der Waals surface area (Å²) in [6, 6.07) is 18.4. The van der Waals surface area contributed by atoms with Gasteiger partial charge in [0.15, 0.2) is 0 Å². The lowest BCUT2D eigenvalue weighted by Crippen LogP contribution is -1.91. The van der Waals surface area contributed by atoms with Crippen LogP contribution in [0.4, 0.5) is 5.95 Å². The highest BCUT2D eigenvalue weighted by Crippen LogP contribution is 2.31. The van der Waals surface area contributed by atoms with Gasteiger partial charge in [0.1, 0.15) is 5.75 Å². The zero-order chi connectivity index (χ0) is 22.7. The van der Waals surface area contributed by atoms with Crippen molar-refractivity contribution >= 4 is 73.4 Å². The highest BCUT2D eigenvalue weighted by molar-refractivity contribution is 9.11. The Bertz CT molecular complexity index is 1340. The summed E-state index contributed by atoms with van der Waals surface area (Å²) in [7, 11) is 0. The number of aromatic hydroxyl groups is 1. The van der Waals surface area contributed by atoms with Crippen LogP contribution in [0.5, 0.6) is 5.75 Å². The largest absolute Gasteiger partial charge is 0.506 e. The molecule has 1 heterocycles. The Labute approximate surface area is 211 Å². The monoisotopic (exact) mass is 590 g/mol. The number of aromatic nitrogens is 2. The topological polar surface area (TPSA) is 62.8 Å². The summed E-state index contributed by atoms with van der Waals surface area (Å²) < 4.78 is 2.90. The van der Waals surface area contributed by atoms with E-state index in [1.165, 1.54) is 6.21 Å². The number of rotatable bonds is 5. The van der Waals surface area contributed by atoms with Gasteiger partial charge in [-0.3, -0.25) is 0 Å². The maximum absolute atomic E-state index is 10.3. The molecule has 1 aromatic heterocycles. The van der Waals surface area contributed by atoms with Crippen molar-refractivity contribution in [3.63, 3.8) is 0 Å². The highest BCUT2D eigenvalue weighted by Gasteiger charge is 2.10. The smallest absolute Gasteiger partial charge is 0.251 e. The molecule has 0 aliphatic rings. The lowest BCUT2D eigenvalue weighted by atomic mass is 10.2. The molecule has 0 saturated carbocycles. The van der Waals surface area contributed by atoms with Crippen LogP contribution < -0.4 is 0 Å². The Hall–Kier alpha value is -2.45. The summed E-state index contributed by atoms with van der Waals surface area (Å²) >= 11 is 19.0. The van der Waals surface area contributed by atoms with E-state index in [0.717, 1.165) is 10.0 Å². The fourth-order valence-corrected chi connectivity index (χ4v) is 4.54. The van der Waals surface area contributed by atoms with Gasteiger partial charge >= 0.3 is 0 Å². The predicted molar refractivity (Wildman–Crippen MR) is 138 cm³/mol. The first-order chi connectivity index (χ1) is 15.4. The number of hydrogen-bond donors (Lipinski definition) is 1. The van der Waals surface area contributed by atoms with Crippen molar-refractivity contribution in [2.24, 2.45) is 10.1 Å².